The molecule has 0 heterocycles. The van der Waals surface area contributed by atoms with Crippen molar-refractivity contribution in [1.82, 2.24) is 16.0 Å². The number of carbonyl (C=O) groups excluding carboxylic acids is 4. The Morgan fingerprint density at radius 2 is 1.44 bits per heavy atom. The number of aliphatic hydroxyl groups is 1. The van der Waals surface area contributed by atoms with Crippen LogP contribution in [0.25, 0.3) is 11.1 Å². The molecule has 2 aliphatic carbocycles. The number of ether oxygens (including phenoxy) is 3. The van der Waals surface area contributed by atoms with Crippen molar-refractivity contribution < 1.29 is 38.5 Å². The Labute approximate surface area is 358 Å². The van der Waals surface area contributed by atoms with Crippen molar-refractivity contribution in [1.29, 1.82) is 0 Å². The Balaban J connectivity index is 0.997. The largest absolute Gasteiger partial charge is 0.489 e. The normalized spacial score (nSPS) is 15.2. The van der Waals surface area contributed by atoms with Gasteiger partial charge in [-0.1, -0.05) is 116 Å². The van der Waals surface area contributed by atoms with Gasteiger partial charge in [-0.05, 0) is 84.0 Å². The van der Waals surface area contributed by atoms with Crippen LogP contribution in [0.3, 0.4) is 0 Å². The highest BCUT2D eigenvalue weighted by molar-refractivity contribution is 5.87. The molecule has 0 saturated heterocycles. The molecule has 4 aromatic carbocycles. The molecule has 1 fully saturated rings. The smallest absolute Gasteiger partial charge is 0.407 e. The number of rotatable bonds is 22. The number of hydrogen-bond acceptors (Lipinski definition) is 8. The highest BCUT2D eigenvalue weighted by Crippen LogP contribution is 2.44. The fraction of sp³-hybridized carbons (Fsp3) is 0.360. The highest BCUT2D eigenvalue weighted by atomic mass is 16.6. The van der Waals surface area contributed by atoms with Crippen LogP contribution in [0.15, 0.2) is 128 Å². The van der Waals surface area contributed by atoms with Gasteiger partial charge in [-0.3, -0.25) is 9.59 Å². The predicted molar refractivity (Wildman–Crippen MR) is 235 cm³/mol. The molecule has 0 aliphatic heterocycles. The van der Waals surface area contributed by atoms with Crippen molar-refractivity contribution in [3.05, 3.63) is 151 Å². The maximum Gasteiger partial charge on any atom is 0.407 e. The van der Waals surface area contributed by atoms with Crippen molar-refractivity contribution in [2.75, 3.05) is 19.8 Å². The van der Waals surface area contributed by atoms with Gasteiger partial charge in [0.1, 0.15) is 31.6 Å². The second kappa shape index (κ2) is 21.9. The van der Waals surface area contributed by atoms with E-state index in [9.17, 15) is 24.3 Å². The van der Waals surface area contributed by atoms with Gasteiger partial charge in [0.15, 0.2) is 0 Å². The molecule has 61 heavy (non-hydrogen) atoms. The number of aliphatic hydroxyl groups excluding tert-OH is 1. The molecule has 2 aliphatic rings. The lowest BCUT2D eigenvalue weighted by atomic mass is 9.94. The highest BCUT2D eigenvalue weighted by Gasteiger charge is 2.39. The van der Waals surface area contributed by atoms with Crippen LogP contribution >= 0.6 is 0 Å². The second-order valence-electron chi connectivity index (χ2n) is 16.0. The molecule has 0 radical (unpaired) electrons. The molecule has 320 valence electrons. The zero-order valence-electron chi connectivity index (χ0n) is 34.7. The molecule has 11 nitrogen and oxygen atoms in total. The first-order valence-corrected chi connectivity index (χ1v) is 21.2. The molecule has 0 spiro atoms. The molecule has 6 rings (SSSR count). The number of hydrogen-bond donors (Lipinski definition) is 4. The van der Waals surface area contributed by atoms with Crippen LogP contribution in [0.5, 0.6) is 5.75 Å². The van der Waals surface area contributed by atoms with E-state index in [1.807, 2.05) is 91.0 Å². The second-order valence-corrected chi connectivity index (χ2v) is 16.0. The van der Waals surface area contributed by atoms with E-state index in [0.717, 1.165) is 46.2 Å². The third-order valence-corrected chi connectivity index (χ3v) is 11.5. The van der Waals surface area contributed by atoms with Gasteiger partial charge in [-0.2, -0.15) is 0 Å². The molecular formula is C50H57N3O8. The first kappa shape index (κ1) is 44.4. The van der Waals surface area contributed by atoms with Gasteiger partial charge in [0.05, 0.1) is 24.1 Å². The Bertz CT molecular complexity index is 2070. The Morgan fingerprint density at radius 3 is 2.08 bits per heavy atom. The van der Waals surface area contributed by atoms with E-state index in [1.54, 1.807) is 12.2 Å². The van der Waals surface area contributed by atoms with Crippen molar-refractivity contribution in [2.24, 2.45) is 5.92 Å². The van der Waals surface area contributed by atoms with Crippen molar-refractivity contribution in [2.45, 2.75) is 87.9 Å². The van der Waals surface area contributed by atoms with Crippen LogP contribution in [-0.4, -0.2) is 66.4 Å². The van der Waals surface area contributed by atoms with Crippen molar-refractivity contribution in [3.63, 3.8) is 0 Å². The first-order chi connectivity index (χ1) is 29.7. The van der Waals surface area contributed by atoms with E-state index in [4.69, 9.17) is 14.2 Å². The Hall–Kier alpha value is -6.20. The number of alkyl carbamates (subject to hydrolysis) is 1. The summed E-state index contributed by atoms with van der Waals surface area (Å²) in [4.78, 5) is 53.9. The van der Waals surface area contributed by atoms with Crippen molar-refractivity contribution in [3.8, 4) is 16.9 Å². The summed E-state index contributed by atoms with van der Waals surface area (Å²) in [6.07, 6.45) is 6.56. The average Bonchev–Trinajstić information content (AvgIpc) is 3.88. The summed E-state index contributed by atoms with van der Waals surface area (Å²) in [5, 5.41) is 18.9. The topological polar surface area (TPSA) is 152 Å². The number of amides is 3. The molecule has 3 atom stereocenters. The summed E-state index contributed by atoms with van der Waals surface area (Å²) in [7, 11) is 0. The summed E-state index contributed by atoms with van der Waals surface area (Å²) < 4.78 is 17.4. The number of fused-ring (bicyclic) bond motifs is 3. The van der Waals surface area contributed by atoms with Crippen LogP contribution in [0.2, 0.25) is 0 Å². The van der Waals surface area contributed by atoms with Crippen LogP contribution in [0, 0.1) is 5.92 Å². The predicted octanol–water partition coefficient (Wildman–Crippen LogP) is 7.71. The monoisotopic (exact) mass is 827 g/mol. The molecule has 4 aromatic rings. The number of benzene rings is 4. The Kier molecular flexibility index (Phi) is 15.9. The number of nitrogens with one attached hydrogen (secondary N) is 3. The maximum absolute atomic E-state index is 13.8. The lowest BCUT2D eigenvalue weighted by molar-refractivity contribution is -0.149. The van der Waals surface area contributed by atoms with Crippen LogP contribution in [0.4, 0.5) is 4.79 Å². The van der Waals surface area contributed by atoms with Gasteiger partial charge < -0.3 is 35.3 Å². The third-order valence-electron chi connectivity index (χ3n) is 11.5. The van der Waals surface area contributed by atoms with E-state index in [1.165, 1.54) is 0 Å². The molecule has 1 saturated carbocycles. The minimum atomic E-state index is -0.995. The molecular weight excluding hydrogens is 771 g/mol. The minimum absolute atomic E-state index is 0.0930. The zero-order chi connectivity index (χ0) is 43.0. The fourth-order valence-corrected chi connectivity index (χ4v) is 8.25. The summed E-state index contributed by atoms with van der Waals surface area (Å²) in [6.45, 7) is 7.75. The van der Waals surface area contributed by atoms with Gasteiger partial charge in [-0.25, -0.2) is 9.59 Å². The number of allylic oxidation sites excluding steroid dienone is 2. The van der Waals surface area contributed by atoms with Gasteiger partial charge in [0, 0.05) is 12.3 Å². The quantitative estimate of drug-likeness (QED) is 0.0465. The molecule has 0 unspecified atom stereocenters. The summed E-state index contributed by atoms with van der Waals surface area (Å²) in [6, 6.07) is 31.9. The molecule has 0 bridgehead atoms. The van der Waals surface area contributed by atoms with E-state index in [2.05, 4.69) is 41.2 Å². The summed E-state index contributed by atoms with van der Waals surface area (Å²) >= 11 is 0. The minimum Gasteiger partial charge on any atom is -0.489 e. The lowest BCUT2D eigenvalue weighted by Crippen LogP contribution is -2.53. The SMILES string of the molecule is C=CCC[C@H](NC(=O)OCC1c2ccccc2-c2ccccc21)C(=O)OCC1(NC(=O)[C@H](CC=C)CC(=O)N[C@H](CO)Cc2ccc(OCc3ccccc3)cc2)CCCC1. The van der Waals surface area contributed by atoms with Gasteiger partial charge in [0.2, 0.25) is 11.8 Å². The standard InChI is InChI=1S/C50H57N3O8/c1-3-5-22-45(52-49(58)60-33-44-42-20-11-9-18-40(42)41-19-10-12-21-43(41)44)48(57)61-34-50(27-13-14-28-50)53-47(56)37(15-4-2)30-46(55)51-38(31-54)29-35-23-25-39(26-24-35)59-32-36-16-7-6-8-17-36/h3-4,6-12,16-21,23-26,37-38,44-45,54H,1-2,5,13-15,22,27-34H2,(H,51,55)(H,52,58)(H,53,56)/t37-,38+,45+/m1/s1. The fourth-order valence-electron chi connectivity index (χ4n) is 8.25. The van der Waals surface area contributed by atoms with Gasteiger partial charge in [-0.15, -0.1) is 13.2 Å². The van der Waals surface area contributed by atoms with Gasteiger partial charge in [0.25, 0.3) is 0 Å². The van der Waals surface area contributed by atoms with E-state index in [-0.39, 0.29) is 56.8 Å². The third kappa shape index (κ3) is 12.2. The number of carbonyl (C=O) groups is 4. The molecule has 4 N–H and O–H groups in total. The summed E-state index contributed by atoms with van der Waals surface area (Å²) in [5.41, 5.74) is 5.52. The van der Waals surface area contributed by atoms with Crippen LogP contribution in [-0.2, 0) is 36.9 Å². The maximum atomic E-state index is 13.8. The number of esters is 1. The van der Waals surface area contributed by atoms with E-state index >= 15 is 0 Å². The molecule has 11 heteroatoms. The van der Waals surface area contributed by atoms with Crippen LogP contribution < -0.4 is 20.7 Å². The van der Waals surface area contributed by atoms with Gasteiger partial charge >= 0.3 is 12.1 Å². The average molecular weight is 828 g/mol. The summed E-state index contributed by atoms with van der Waals surface area (Å²) in [5.74, 6) is -1.52. The zero-order valence-corrected chi connectivity index (χ0v) is 34.7. The Morgan fingerprint density at radius 1 is 0.787 bits per heavy atom. The molecule has 3 amide bonds. The molecule has 0 aromatic heterocycles. The van der Waals surface area contributed by atoms with Crippen molar-refractivity contribution >= 4 is 23.9 Å². The first-order valence-electron chi connectivity index (χ1n) is 21.2. The lowest BCUT2D eigenvalue weighted by Gasteiger charge is -2.32. The van der Waals surface area contributed by atoms with E-state index in [0.29, 0.717) is 38.0 Å². The van der Waals surface area contributed by atoms with E-state index < -0.39 is 35.6 Å². The van der Waals surface area contributed by atoms with Crippen LogP contribution in [0.1, 0.15) is 79.5 Å².